The predicted molar refractivity (Wildman–Crippen MR) is 116 cm³/mol. The Balaban J connectivity index is 2.16. The Kier molecular flexibility index (Phi) is 6.72. The first kappa shape index (κ1) is 22.2. The summed E-state index contributed by atoms with van der Waals surface area (Å²) in [5.41, 5.74) is 5.59. The van der Waals surface area contributed by atoms with Crippen LogP contribution in [0.5, 0.6) is 0 Å². The van der Waals surface area contributed by atoms with E-state index in [1.165, 1.54) is 5.56 Å². The van der Waals surface area contributed by atoms with Crippen LogP contribution in [0.3, 0.4) is 0 Å². The lowest BCUT2D eigenvalue weighted by atomic mass is 9.83. The van der Waals surface area contributed by atoms with E-state index in [0.29, 0.717) is 11.1 Å². The molecule has 1 atom stereocenters. The fraction of sp³-hybridized carbons (Fsp3) is 0.417. The van der Waals surface area contributed by atoms with E-state index in [-0.39, 0.29) is 29.3 Å². The zero-order chi connectivity index (χ0) is 21.2. The van der Waals surface area contributed by atoms with Crippen molar-refractivity contribution in [3.8, 4) is 0 Å². The molecular formula is C24H30O3P+. The molecule has 0 aliphatic carbocycles. The third-order valence-corrected chi connectivity index (χ3v) is 6.45. The van der Waals surface area contributed by atoms with E-state index >= 15 is 0 Å². The summed E-state index contributed by atoms with van der Waals surface area (Å²) < 4.78 is 12.6. The van der Waals surface area contributed by atoms with Gasteiger partial charge in [0.05, 0.1) is 12.0 Å². The highest BCUT2D eigenvalue weighted by Gasteiger charge is 2.33. The van der Waals surface area contributed by atoms with Crippen molar-refractivity contribution < 1.29 is 14.2 Å². The second-order valence-electron chi connectivity index (χ2n) is 8.58. The van der Waals surface area contributed by atoms with E-state index in [4.69, 9.17) is 0 Å². The number of carbonyl (C=O) groups is 2. The number of carbonyl (C=O) groups excluding carboxylic acids is 2. The number of rotatable bonds is 6. The van der Waals surface area contributed by atoms with Crippen LogP contribution in [0.4, 0.5) is 0 Å². The third-order valence-electron chi connectivity index (χ3n) is 5.14. The van der Waals surface area contributed by atoms with Gasteiger partial charge in [0.1, 0.15) is 0 Å². The molecule has 0 saturated carbocycles. The molecule has 0 heterocycles. The monoisotopic (exact) mass is 397 g/mol. The van der Waals surface area contributed by atoms with Crippen LogP contribution in [0.25, 0.3) is 0 Å². The van der Waals surface area contributed by atoms with Crippen molar-refractivity contribution >= 4 is 19.1 Å². The molecule has 2 rings (SSSR count). The first-order valence-electron chi connectivity index (χ1n) is 9.63. The van der Waals surface area contributed by atoms with Gasteiger partial charge in [-0.05, 0) is 60.9 Å². The molecule has 4 heteroatoms. The zero-order valence-electron chi connectivity index (χ0n) is 18.0. The molecule has 2 aromatic carbocycles. The molecule has 28 heavy (non-hydrogen) atoms. The number of aryl methyl sites for hydroxylation is 4. The number of hydrogen-bond donors (Lipinski definition) is 0. The molecule has 0 aliphatic rings. The van der Waals surface area contributed by atoms with E-state index in [2.05, 4.69) is 32.9 Å². The van der Waals surface area contributed by atoms with Gasteiger partial charge in [-0.25, -0.2) is 4.79 Å². The minimum Gasteiger partial charge on any atom is -0.294 e. The summed E-state index contributed by atoms with van der Waals surface area (Å²) in [6.45, 7) is 14.0. The van der Waals surface area contributed by atoms with Gasteiger partial charge >= 0.3 is 13.3 Å². The van der Waals surface area contributed by atoms with E-state index in [1.807, 2.05) is 45.9 Å². The van der Waals surface area contributed by atoms with Gasteiger partial charge in [-0.15, -0.1) is 0 Å². The topological polar surface area (TPSA) is 51.2 Å². The first-order chi connectivity index (χ1) is 12.9. The number of hydrogen-bond acceptors (Lipinski definition) is 3. The summed E-state index contributed by atoms with van der Waals surface area (Å²) in [6.07, 6.45) is 0.198. The van der Waals surface area contributed by atoms with Gasteiger partial charge in [-0.1, -0.05) is 55.7 Å². The Morgan fingerprint density at radius 1 is 0.857 bits per heavy atom. The van der Waals surface area contributed by atoms with Crippen LogP contribution in [0.2, 0.25) is 0 Å². The Bertz CT molecular complexity index is 906. The largest absolute Gasteiger partial charge is 0.420 e. The van der Waals surface area contributed by atoms with E-state index in [0.717, 1.165) is 22.3 Å². The van der Waals surface area contributed by atoms with Crippen molar-refractivity contribution in [2.24, 2.45) is 0 Å². The van der Waals surface area contributed by atoms with Crippen LogP contribution >= 0.6 is 7.80 Å². The van der Waals surface area contributed by atoms with Crippen LogP contribution in [0, 0.1) is 27.7 Å². The molecule has 0 radical (unpaired) electrons. The van der Waals surface area contributed by atoms with Crippen molar-refractivity contribution in [3.05, 3.63) is 69.3 Å². The maximum absolute atomic E-state index is 12.8. The van der Waals surface area contributed by atoms with Gasteiger partial charge in [-0.3, -0.25) is 4.79 Å². The fourth-order valence-electron chi connectivity index (χ4n) is 3.54. The second kappa shape index (κ2) is 8.49. The quantitative estimate of drug-likeness (QED) is 0.415. The maximum Gasteiger partial charge on any atom is 0.420 e. The predicted octanol–water partition coefficient (Wildman–Crippen LogP) is 6.46. The van der Waals surface area contributed by atoms with Crippen LogP contribution in [0.15, 0.2) is 30.3 Å². The van der Waals surface area contributed by atoms with Crippen molar-refractivity contribution in [1.29, 1.82) is 0 Å². The van der Waals surface area contributed by atoms with Gasteiger partial charge in [0.2, 0.25) is 0 Å². The number of ketones is 1. The molecule has 148 valence electrons. The minimum absolute atomic E-state index is 0.0122. The molecule has 0 fully saturated rings. The van der Waals surface area contributed by atoms with Crippen LogP contribution in [-0.2, 0) is 9.98 Å². The summed E-state index contributed by atoms with van der Waals surface area (Å²) in [5.74, 6) is -0.0480. The molecular weight excluding hydrogens is 367 g/mol. The van der Waals surface area contributed by atoms with Crippen molar-refractivity contribution in [1.82, 2.24) is 0 Å². The molecule has 0 amide bonds. The zero-order valence-corrected chi connectivity index (χ0v) is 18.9. The number of Topliss-reactive ketones (excluding diaryl/α,β-unsaturated/α-hetero) is 1. The lowest BCUT2D eigenvalue weighted by molar-refractivity contribution is 0.0988. The smallest absolute Gasteiger partial charge is 0.294 e. The van der Waals surface area contributed by atoms with E-state index < -0.39 is 7.80 Å². The van der Waals surface area contributed by atoms with Gasteiger partial charge < -0.3 is 0 Å². The summed E-state index contributed by atoms with van der Waals surface area (Å²) >= 11 is 0. The molecule has 0 aliphatic heterocycles. The molecule has 0 saturated heterocycles. The standard InChI is InChI=1S/C24H30O3P/c1-15-9-8-10-16(2)22(15)23(26)28(27)12-11-20(25)21-17(3)13-19(14-18(21)4)24(5,6)7/h8-10,13-14H,11-12H2,1-7H3/q+1. The van der Waals surface area contributed by atoms with E-state index in [1.54, 1.807) is 0 Å². The average Bonchev–Trinajstić information content (AvgIpc) is 2.57. The van der Waals surface area contributed by atoms with Crippen LogP contribution in [0.1, 0.15) is 75.7 Å². The normalized spacial score (nSPS) is 12.0. The van der Waals surface area contributed by atoms with Gasteiger partial charge in [0.25, 0.3) is 0 Å². The molecule has 1 unspecified atom stereocenters. The lowest BCUT2D eigenvalue weighted by Crippen LogP contribution is -2.14. The van der Waals surface area contributed by atoms with Crippen LogP contribution < -0.4 is 0 Å². The molecule has 2 aromatic rings. The van der Waals surface area contributed by atoms with Gasteiger partial charge in [0, 0.05) is 5.56 Å². The fourth-order valence-corrected chi connectivity index (χ4v) is 4.75. The molecule has 3 nitrogen and oxygen atoms in total. The lowest BCUT2D eigenvalue weighted by Gasteiger charge is -2.22. The van der Waals surface area contributed by atoms with Crippen LogP contribution in [-0.4, -0.2) is 17.5 Å². The maximum atomic E-state index is 12.8. The molecule has 0 spiro atoms. The van der Waals surface area contributed by atoms with Gasteiger partial charge in [-0.2, -0.15) is 0 Å². The SMILES string of the molecule is Cc1cc(C(C)(C)C)cc(C)c1C(=O)CC[P+](=O)C(=O)c1c(C)cccc1C. The molecule has 0 bridgehead atoms. The number of benzene rings is 2. The molecule has 0 aromatic heterocycles. The summed E-state index contributed by atoms with van der Waals surface area (Å²) in [4.78, 5) is 25.4. The molecule has 0 N–H and O–H groups in total. The Morgan fingerprint density at radius 3 is 1.82 bits per heavy atom. The highest BCUT2D eigenvalue weighted by molar-refractivity contribution is 7.64. The van der Waals surface area contributed by atoms with Crippen molar-refractivity contribution in [2.45, 2.75) is 60.3 Å². The van der Waals surface area contributed by atoms with Crippen molar-refractivity contribution in [3.63, 3.8) is 0 Å². The summed E-state index contributed by atoms with van der Waals surface area (Å²) in [5, 5.41) is 0. The average molecular weight is 397 g/mol. The summed E-state index contributed by atoms with van der Waals surface area (Å²) in [6, 6.07) is 9.69. The second-order valence-corrected chi connectivity index (χ2v) is 10.2. The third kappa shape index (κ3) is 4.83. The Hall–Kier alpha value is -2.12. The highest BCUT2D eigenvalue weighted by atomic mass is 31.1. The van der Waals surface area contributed by atoms with E-state index in [9.17, 15) is 14.2 Å². The Labute approximate surface area is 169 Å². The first-order valence-corrected chi connectivity index (χ1v) is 11.1. The minimum atomic E-state index is -2.13. The highest BCUT2D eigenvalue weighted by Crippen LogP contribution is 2.32. The Morgan fingerprint density at radius 2 is 1.36 bits per heavy atom. The summed E-state index contributed by atoms with van der Waals surface area (Å²) in [7, 11) is -2.13. The van der Waals surface area contributed by atoms with Gasteiger partial charge in [0.15, 0.2) is 11.9 Å². The van der Waals surface area contributed by atoms with Crippen molar-refractivity contribution in [2.75, 3.05) is 6.16 Å².